The van der Waals surface area contributed by atoms with Crippen LogP contribution in [0.4, 0.5) is 0 Å². The van der Waals surface area contributed by atoms with Gasteiger partial charge in [-0.15, -0.1) is 0 Å². The number of nitrogens with zero attached hydrogens (tertiary/aromatic N) is 2. The summed E-state index contributed by atoms with van der Waals surface area (Å²) in [7, 11) is 0. The maximum atomic E-state index is 4.29. The third-order valence-electron chi connectivity index (χ3n) is 3.76. The lowest BCUT2D eigenvalue weighted by Crippen LogP contribution is -2.19. The molecule has 0 bridgehead atoms. The molecule has 3 nitrogen and oxygen atoms in total. The van der Waals surface area contributed by atoms with Crippen molar-refractivity contribution in [3.63, 3.8) is 0 Å². The maximum Gasteiger partial charge on any atom is 0.0948 e. The van der Waals surface area contributed by atoms with Crippen molar-refractivity contribution >= 4 is 0 Å². The molecule has 3 heteroatoms. The molecule has 2 atom stereocenters. The second-order valence-corrected chi connectivity index (χ2v) is 5.30. The van der Waals surface area contributed by atoms with E-state index in [1.807, 2.05) is 6.33 Å². The SMILES string of the molecule is CCCn1cncc1C1CC1CNC1CC1. The van der Waals surface area contributed by atoms with Crippen LogP contribution in [0.3, 0.4) is 0 Å². The highest BCUT2D eigenvalue weighted by Gasteiger charge is 2.40. The van der Waals surface area contributed by atoms with Gasteiger partial charge >= 0.3 is 0 Å². The highest BCUT2D eigenvalue weighted by atomic mass is 15.1. The number of aryl methyl sites for hydroxylation is 1. The molecule has 2 aliphatic carbocycles. The van der Waals surface area contributed by atoms with Gasteiger partial charge in [-0.3, -0.25) is 0 Å². The lowest BCUT2D eigenvalue weighted by molar-refractivity contribution is 0.601. The van der Waals surface area contributed by atoms with Gasteiger partial charge in [-0.05, 0) is 38.1 Å². The Morgan fingerprint density at radius 1 is 1.50 bits per heavy atom. The van der Waals surface area contributed by atoms with Crippen LogP contribution in [0.25, 0.3) is 0 Å². The Hall–Kier alpha value is -0.830. The predicted octanol–water partition coefficient (Wildman–Crippen LogP) is 2.15. The van der Waals surface area contributed by atoms with Crippen molar-refractivity contribution < 1.29 is 0 Å². The van der Waals surface area contributed by atoms with E-state index in [9.17, 15) is 0 Å². The lowest BCUT2D eigenvalue weighted by atomic mass is 10.2. The third-order valence-corrected chi connectivity index (χ3v) is 3.76. The number of aromatic nitrogens is 2. The Kier molecular flexibility index (Phi) is 2.72. The van der Waals surface area contributed by atoms with Gasteiger partial charge in [0.1, 0.15) is 0 Å². The summed E-state index contributed by atoms with van der Waals surface area (Å²) in [6.07, 6.45) is 9.40. The van der Waals surface area contributed by atoms with Crippen molar-refractivity contribution in [2.75, 3.05) is 6.54 Å². The van der Waals surface area contributed by atoms with E-state index in [4.69, 9.17) is 0 Å². The van der Waals surface area contributed by atoms with Gasteiger partial charge in [0.2, 0.25) is 0 Å². The summed E-state index contributed by atoms with van der Waals surface area (Å²) in [5, 5.41) is 3.63. The highest BCUT2D eigenvalue weighted by Crippen LogP contribution is 2.47. The number of hydrogen-bond donors (Lipinski definition) is 1. The van der Waals surface area contributed by atoms with E-state index in [-0.39, 0.29) is 0 Å². The van der Waals surface area contributed by atoms with Crippen LogP contribution >= 0.6 is 0 Å². The van der Waals surface area contributed by atoms with Gasteiger partial charge in [0, 0.05) is 30.4 Å². The Morgan fingerprint density at radius 2 is 2.38 bits per heavy atom. The summed E-state index contributed by atoms with van der Waals surface area (Å²) >= 11 is 0. The van der Waals surface area contributed by atoms with E-state index in [0.717, 1.165) is 24.4 Å². The highest BCUT2D eigenvalue weighted by molar-refractivity contribution is 5.17. The molecule has 2 saturated carbocycles. The number of imidazole rings is 1. The van der Waals surface area contributed by atoms with Gasteiger partial charge in [0.15, 0.2) is 0 Å². The number of hydrogen-bond acceptors (Lipinski definition) is 2. The molecule has 1 N–H and O–H groups in total. The fraction of sp³-hybridized carbons (Fsp3) is 0.769. The van der Waals surface area contributed by atoms with Crippen LogP contribution in [-0.4, -0.2) is 22.1 Å². The van der Waals surface area contributed by atoms with E-state index >= 15 is 0 Å². The van der Waals surface area contributed by atoms with E-state index in [2.05, 4.69) is 28.0 Å². The first kappa shape index (κ1) is 10.3. The molecule has 0 aliphatic heterocycles. The summed E-state index contributed by atoms with van der Waals surface area (Å²) in [5.41, 5.74) is 1.46. The van der Waals surface area contributed by atoms with Crippen LogP contribution in [0.2, 0.25) is 0 Å². The molecular formula is C13H21N3. The standard InChI is InChI=1S/C13H21N3/c1-2-5-16-9-14-8-13(16)12-6-10(12)7-15-11-3-4-11/h8-12,15H,2-7H2,1H3. The van der Waals surface area contributed by atoms with Crippen molar-refractivity contribution in [3.05, 3.63) is 18.2 Å². The Labute approximate surface area is 97.3 Å². The van der Waals surface area contributed by atoms with E-state index < -0.39 is 0 Å². The normalized spacial score (nSPS) is 28.3. The van der Waals surface area contributed by atoms with E-state index in [1.54, 1.807) is 0 Å². The summed E-state index contributed by atoms with van der Waals surface area (Å²) in [6.45, 7) is 4.56. The van der Waals surface area contributed by atoms with E-state index in [0.29, 0.717) is 0 Å². The van der Waals surface area contributed by atoms with Crippen LogP contribution in [0.1, 0.15) is 44.2 Å². The minimum absolute atomic E-state index is 0.778. The molecule has 3 rings (SSSR count). The Balaban J connectivity index is 1.54. The van der Waals surface area contributed by atoms with Crippen LogP contribution in [0.5, 0.6) is 0 Å². The summed E-state index contributed by atoms with van der Waals surface area (Å²) in [4.78, 5) is 4.29. The fourth-order valence-corrected chi connectivity index (χ4v) is 2.51. The maximum absolute atomic E-state index is 4.29. The van der Waals surface area contributed by atoms with Crippen molar-refractivity contribution in [2.24, 2.45) is 5.92 Å². The Bertz CT molecular complexity index is 354. The monoisotopic (exact) mass is 219 g/mol. The summed E-state index contributed by atoms with van der Waals surface area (Å²) in [5.74, 6) is 1.65. The van der Waals surface area contributed by atoms with Crippen LogP contribution in [-0.2, 0) is 6.54 Å². The molecule has 1 aromatic rings. The van der Waals surface area contributed by atoms with Gasteiger partial charge in [0.25, 0.3) is 0 Å². The third kappa shape index (κ3) is 2.14. The van der Waals surface area contributed by atoms with Gasteiger partial charge in [-0.1, -0.05) is 6.92 Å². The smallest absolute Gasteiger partial charge is 0.0948 e. The molecule has 2 unspecified atom stereocenters. The molecule has 0 aromatic carbocycles. The Morgan fingerprint density at radius 3 is 3.12 bits per heavy atom. The van der Waals surface area contributed by atoms with Crippen LogP contribution in [0, 0.1) is 5.92 Å². The zero-order valence-corrected chi connectivity index (χ0v) is 10.0. The second kappa shape index (κ2) is 4.21. The topological polar surface area (TPSA) is 29.9 Å². The lowest BCUT2D eigenvalue weighted by Gasteiger charge is -2.06. The summed E-state index contributed by atoms with van der Waals surface area (Å²) < 4.78 is 2.34. The zero-order chi connectivity index (χ0) is 11.0. The van der Waals surface area contributed by atoms with Crippen LogP contribution in [0.15, 0.2) is 12.5 Å². The minimum atomic E-state index is 0.778. The molecule has 1 aromatic heterocycles. The molecule has 2 aliphatic rings. The summed E-state index contributed by atoms with van der Waals surface area (Å²) in [6, 6.07) is 0.849. The molecular weight excluding hydrogens is 198 g/mol. The van der Waals surface area contributed by atoms with Crippen molar-refractivity contribution in [1.29, 1.82) is 0 Å². The molecule has 0 spiro atoms. The second-order valence-electron chi connectivity index (χ2n) is 5.30. The van der Waals surface area contributed by atoms with Crippen LogP contribution < -0.4 is 5.32 Å². The fourth-order valence-electron chi connectivity index (χ4n) is 2.51. The first-order valence-corrected chi connectivity index (χ1v) is 6.62. The number of rotatable bonds is 6. The molecule has 0 amide bonds. The molecule has 16 heavy (non-hydrogen) atoms. The van der Waals surface area contributed by atoms with E-state index in [1.165, 1.54) is 37.9 Å². The van der Waals surface area contributed by atoms with Gasteiger partial charge in [-0.2, -0.15) is 0 Å². The minimum Gasteiger partial charge on any atom is -0.334 e. The molecule has 2 fully saturated rings. The first-order chi connectivity index (χ1) is 7.88. The van der Waals surface area contributed by atoms with Gasteiger partial charge in [-0.25, -0.2) is 4.98 Å². The average molecular weight is 219 g/mol. The largest absolute Gasteiger partial charge is 0.334 e. The predicted molar refractivity (Wildman–Crippen MR) is 64.4 cm³/mol. The van der Waals surface area contributed by atoms with Gasteiger partial charge < -0.3 is 9.88 Å². The molecule has 1 heterocycles. The first-order valence-electron chi connectivity index (χ1n) is 6.62. The van der Waals surface area contributed by atoms with Gasteiger partial charge in [0.05, 0.1) is 6.33 Å². The van der Waals surface area contributed by atoms with Crippen molar-refractivity contribution in [2.45, 2.75) is 51.1 Å². The number of nitrogens with one attached hydrogen (secondary N) is 1. The van der Waals surface area contributed by atoms with Crippen molar-refractivity contribution in [3.8, 4) is 0 Å². The quantitative estimate of drug-likeness (QED) is 0.794. The molecule has 0 saturated heterocycles. The van der Waals surface area contributed by atoms with Crippen molar-refractivity contribution in [1.82, 2.24) is 14.9 Å². The average Bonchev–Trinajstić information content (AvgIpc) is 3.18. The molecule has 88 valence electrons. The molecule has 0 radical (unpaired) electrons. The zero-order valence-electron chi connectivity index (χ0n) is 10.0.